The Morgan fingerprint density at radius 3 is 2.67 bits per heavy atom. The summed E-state index contributed by atoms with van der Waals surface area (Å²) in [5, 5.41) is 8.44. The molecule has 0 N–H and O–H groups in total. The Balaban J connectivity index is 1.44. The van der Waals surface area contributed by atoms with Gasteiger partial charge in [0.1, 0.15) is 0 Å². The van der Waals surface area contributed by atoms with Crippen LogP contribution in [0.2, 0.25) is 0 Å². The molecule has 4 rings (SSSR count). The summed E-state index contributed by atoms with van der Waals surface area (Å²) in [6, 6.07) is 4.02. The second-order valence-corrected chi connectivity index (χ2v) is 6.53. The van der Waals surface area contributed by atoms with Crippen molar-refractivity contribution in [2.45, 2.75) is 31.7 Å². The molecule has 2 fully saturated rings. The van der Waals surface area contributed by atoms with Gasteiger partial charge in [-0.2, -0.15) is 0 Å². The van der Waals surface area contributed by atoms with Crippen molar-refractivity contribution in [3.63, 3.8) is 0 Å². The normalized spacial score (nSPS) is 21.2. The highest BCUT2D eigenvalue weighted by atomic mass is 16.2. The number of carbonyl (C=O) groups is 1. The smallest absolute Gasteiger partial charge is 0.274 e. The molecule has 0 aliphatic carbocycles. The molecule has 7 heteroatoms. The molecule has 7 nitrogen and oxygen atoms in total. The van der Waals surface area contributed by atoms with Crippen molar-refractivity contribution >= 4 is 11.7 Å². The number of likely N-dealkylation sites (tertiary alicyclic amines) is 1. The molecule has 0 bridgehead atoms. The highest BCUT2D eigenvalue weighted by molar-refractivity contribution is 5.92. The Hall–Kier alpha value is -2.44. The molecule has 2 saturated heterocycles. The number of piperidine rings is 1. The molecule has 2 aliphatic rings. The summed E-state index contributed by atoms with van der Waals surface area (Å²) < 4.78 is 2.08. The van der Waals surface area contributed by atoms with Gasteiger partial charge in [-0.05, 0) is 37.8 Å². The Morgan fingerprint density at radius 2 is 1.96 bits per heavy atom. The fourth-order valence-corrected chi connectivity index (χ4v) is 3.58. The third-order valence-electron chi connectivity index (χ3n) is 4.93. The van der Waals surface area contributed by atoms with Crippen LogP contribution in [0.3, 0.4) is 0 Å². The standard InChI is InChI=1S/C17H22N6O/c24-17(15-5-6-16(20-19-15)21-8-1-2-9-21)22-10-3-4-14(12-22)23-11-7-18-13-23/h5-7,11,13-14H,1-4,8-10,12H2/t14-/m1/s1. The minimum atomic E-state index is -0.0275. The number of anilines is 1. The molecule has 2 aliphatic heterocycles. The van der Waals surface area contributed by atoms with Crippen molar-refractivity contribution in [3.05, 3.63) is 36.5 Å². The molecule has 4 heterocycles. The van der Waals surface area contributed by atoms with Crippen LogP contribution in [0.15, 0.2) is 30.9 Å². The predicted octanol–water partition coefficient (Wildman–Crippen LogP) is 1.75. The zero-order valence-corrected chi connectivity index (χ0v) is 13.7. The summed E-state index contributed by atoms with van der Waals surface area (Å²) in [5.74, 6) is 0.847. The third kappa shape index (κ3) is 2.98. The quantitative estimate of drug-likeness (QED) is 0.859. The molecule has 0 spiro atoms. The maximum absolute atomic E-state index is 12.7. The predicted molar refractivity (Wildman–Crippen MR) is 89.9 cm³/mol. The van der Waals surface area contributed by atoms with Crippen LogP contribution in [0, 0.1) is 0 Å². The number of hydrogen-bond acceptors (Lipinski definition) is 5. The summed E-state index contributed by atoms with van der Waals surface area (Å²) in [6.45, 7) is 3.53. The fourth-order valence-electron chi connectivity index (χ4n) is 3.58. The summed E-state index contributed by atoms with van der Waals surface area (Å²) in [4.78, 5) is 20.9. The van der Waals surface area contributed by atoms with E-state index >= 15 is 0 Å². The summed E-state index contributed by atoms with van der Waals surface area (Å²) in [6.07, 6.45) is 10.0. The van der Waals surface area contributed by atoms with Crippen LogP contribution in [0.1, 0.15) is 42.2 Å². The maximum Gasteiger partial charge on any atom is 0.274 e. The van der Waals surface area contributed by atoms with Gasteiger partial charge in [0.15, 0.2) is 11.5 Å². The first kappa shape index (κ1) is 15.1. The van der Waals surface area contributed by atoms with Crippen LogP contribution in [-0.4, -0.2) is 56.7 Å². The first-order chi connectivity index (χ1) is 11.8. The third-order valence-corrected chi connectivity index (χ3v) is 4.93. The molecule has 0 unspecified atom stereocenters. The molecule has 0 aromatic carbocycles. The van der Waals surface area contributed by atoms with Gasteiger partial charge in [0, 0.05) is 38.6 Å². The minimum Gasteiger partial charge on any atom is -0.355 e. The Labute approximate surface area is 141 Å². The lowest BCUT2D eigenvalue weighted by Gasteiger charge is -2.33. The summed E-state index contributed by atoms with van der Waals surface area (Å²) >= 11 is 0. The first-order valence-corrected chi connectivity index (χ1v) is 8.66. The number of carbonyl (C=O) groups excluding carboxylic acids is 1. The maximum atomic E-state index is 12.7. The zero-order valence-electron chi connectivity index (χ0n) is 13.7. The van der Waals surface area contributed by atoms with E-state index < -0.39 is 0 Å². The van der Waals surface area contributed by atoms with Crippen molar-refractivity contribution < 1.29 is 4.79 Å². The van der Waals surface area contributed by atoms with E-state index in [-0.39, 0.29) is 5.91 Å². The van der Waals surface area contributed by atoms with Crippen LogP contribution in [0.4, 0.5) is 5.82 Å². The average molecular weight is 326 g/mol. The highest BCUT2D eigenvalue weighted by Crippen LogP contribution is 2.23. The van der Waals surface area contributed by atoms with Crippen LogP contribution in [-0.2, 0) is 0 Å². The van der Waals surface area contributed by atoms with Gasteiger partial charge in [-0.15, -0.1) is 10.2 Å². The molecule has 0 saturated carbocycles. The van der Waals surface area contributed by atoms with E-state index in [1.165, 1.54) is 12.8 Å². The van der Waals surface area contributed by atoms with Gasteiger partial charge in [-0.1, -0.05) is 0 Å². The van der Waals surface area contributed by atoms with Gasteiger partial charge in [0.25, 0.3) is 5.91 Å². The Morgan fingerprint density at radius 1 is 1.08 bits per heavy atom. The van der Waals surface area contributed by atoms with E-state index in [2.05, 4.69) is 24.6 Å². The van der Waals surface area contributed by atoms with Crippen LogP contribution in [0.25, 0.3) is 0 Å². The lowest BCUT2D eigenvalue weighted by molar-refractivity contribution is 0.0672. The van der Waals surface area contributed by atoms with Gasteiger partial charge in [-0.25, -0.2) is 4.98 Å². The summed E-state index contributed by atoms with van der Waals surface area (Å²) in [7, 11) is 0. The van der Waals surface area contributed by atoms with Crippen molar-refractivity contribution in [1.29, 1.82) is 0 Å². The van der Waals surface area contributed by atoms with Crippen molar-refractivity contribution in [2.75, 3.05) is 31.1 Å². The molecular weight excluding hydrogens is 304 g/mol. The number of aromatic nitrogens is 4. The largest absolute Gasteiger partial charge is 0.355 e. The van der Waals surface area contributed by atoms with Crippen LogP contribution >= 0.6 is 0 Å². The first-order valence-electron chi connectivity index (χ1n) is 8.66. The lowest BCUT2D eigenvalue weighted by atomic mass is 10.1. The Bertz CT molecular complexity index is 678. The van der Waals surface area contributed by atoms with Crippen molar-refractivity contribution in [2.24, 2.45) is 0 Å². The SMILES string of the molecule is O=C(c1ccc(N2CCCC2)nn1)N1CCC[C@@H](n2ccnc2)C1. The minimum absolute atomic E-state index is 0.0275. The van der Waals surface area contributed by atoms with Gasteiger partial charge in [-0.3, -0.25) is 4.79 Å². The van der Waals surface area contributed by atoms with E-state index in [1.807, 2.05) is 29.6 Å². The highest BCUT2D eigenvalue weighted by Gasteiger charge is 2.26. The molecule has 0 radical (unpaired) electrons. The van der Waals surface area contributed by atoms with Gasteiger partial charge in [0.2, 0.25) is 0 Å². The van der Waals surface area contributed by atoms with Gasteiger partial charge >= 0.3 is 0 Å². The number of rotatable bonds is 3. The second-order valence-electron chi connectivity index (χ2n) is 6.53. The van der Waals surface area contributed by atoms with E-state index in [0.29, 0.717) is 18.3 Å². The molecule has 1 atom stereocenters. The molecule has 2 aromatic heterocycles. The van der Waals surface area contributed by atoms with Crippen molar-refractivity contribution in [1.82, 2.24) is 24.6 Å². The second kappa shape index (κ2) is 6.59. The number of amides is 1. The number of imidazole rings is 1. The van der Waals surface area contributed by atoms with E-state index in [0.717, 1.165) is 38.3 Å². The van der Waals surface area contributed by atoms with E-state index in [1.54, 1.807) is 6.20 Å². The molecule has 126 valence electrons. The summed E-state index contributed by atoms with van der Waals surface area (Å²) in [5.41, 5.74) is 0.434. The number of nitrogens with zero attached hydrogens (tertiary/aromatic N) is 6. The molecule has 1 amide bonds. The Kier molecular flexibility index (Phi) is 4.15. The molecule has 2 aromatic rings. The molecule has 24 heavy (non-hydrogen) atoms. The van der Waals surface area contributed by atoms with Gasteiger partial charge < -0.3 is 14.4 Å². The average Bonchev–Trinajstić information content (AvgIpc) is 3.35. The monoisotopic (exact) mass is 326 g/mol. The van der Waals surface area contributed by atoms with E-state index in [9.17, 15) is 4.79 Å². The fraction of sp³-hybridized carbons (Fsp3) is 0.529. The van der Waals surface area contributed by atoms with Crippen LogP contribution < -0.4 is 4.90 Å². The van der Waals surface area contributed by atoms with Crippen LogP contribution in [0.5, 0.6) is 0 Å². The topological polar surface area (TPSA) is 67.2 Å². The van der Waals surface area contributed by atoms with E-state index in [4.69, 9.17) is 0 Å². The number of hydrogen-bond donors (Lipinski definition) is 0. The molecular formula is C17H22N6O. The van der Waals surface area contributed by atoms with Gasteiger partial charge in [0.05, 0.1) is 12.4 Å². The van der Waals surface area contributed by atoms with Crippen molar-refractivity contribution in [3.8, 4) is 0 Å². The lowest BCUT2D eigenvalue weighted by Crippen LogP contribution is -2.41. The zero-order chi connectivity index (χ0) is 16.4.